The van der Waals surface area contributed by atoms with Crippen molar-refractivity contribution in [1.82, 2.24) is 10.6 Å². The molecule has 7 N–H and O–H groups in total. The Kier molecular flexibility index (Phi) is 9.91. The number of nitrogens with zero attached hydrogens (tertiary/aromatic N) is 1. The molecule has 0 aliphatic carbocycles. The highest BCUT2D eigenvalue weighted by molar-refractivity contribution is 5.73. The number of hydrogen-bond donors (Lipinski definition) is 7. The van der Waals surface area contributed by atoms with E-state index in [4.69, 9.17) is 18.9 Å². The largest absolute Gasteiger partial charge is 0.463 e. The summed E-state index contributed by atoms with van der Waals surface area (Å²) in [6.07, 6.45) is -11.9. The summed E-state index contributed by atoms with van der Waals surface area (Å²) in [4.78, 5) is 34.1. The van der Waals surface area contributed by atoms with Gasteiger partial charge >= 0.3 is 0 Å². The van der Waals surface area contributed by atoms with Gasteiger partial charge in [0.05, 0.1) is 18.1 Å². The number of carbonyl (C=O) groups excluding carboxylic acids is 2. The first kappa shape index (κ1) is 29.6. The molecule has 1 aromatic carbocycles. The predicted molar refractivity (Wildman–Crippen MR) is 123 cm³/mol. The molecular formula is C22H31N3O13. The topological polar surface area (TPSA) is 239 Å². The van der Waals surface area contributed by atoms with Gasteiger partial charge in [0.2, 0.25) is 18.1 Å². The lowest BCUT2D eigenvalue weighted by Crippen LogP contribution is -2.70. The molecule has 3 rings (SSSR count). The molecule has 2 saturated heterocycles. The van der Waals surface area contributed by atoms with E-state index in [1.807, 2.05) is 0 Å². The van der Waals surface area contributed by atoms with Crippen molar-refractivity contribution in [3.05, 3.63) is 34.4 Å². The molecule has 0 saturated carbocycles. The highest BCUT2D eigenvalue weighted by atomic mass is 16.7. The van der Waals surface area contributed by atoms with Crippen LogP contribution in [0.5, 0.6) is 5.75 Å². The van der Waals surface area contributed by atoms with Crippen LogP contribution in [0.1, 0.15) is 13.8 Å². The van der Waals surface area contributed by atoms with Gasteiger partial charge in [0, 0.05) is 26.0 Å². The molecule has 0 aromatic heterocycles. The summed E-state index contributed by atoms with van der Waals surface area (Å²) in [5, 5.41) is 67.0. The van der Waals surface area contributed by atoms with Crippen LogP contribution in [-0.4, -0.2) is 117 Å². The molecule has 212 valence electrons. The molecule has 0 unspecified atom stereocenters. The number of non-ortho nitro benzene ring substituents is 1. The van der Waals surface area contributed by atoms with Crippen molar-refractivity contribution in [3.63, 3.8) is 0 Å². The SMILES string of the molecule is CC(=O)N[C@H]1[C@@H](O[C@H]2[C@@H](O)[C@@H](CO)O[C@H](Oc3ccc([N+](=O)[O-])cc3)[C@@H]2NC(C)=O)O[C@H](CO)[C@H](O)[C@@H]1O. The van der Waals surface area contributed by atoms with Crippen LogP contribution in [0.25, 0.3) is 0 Å². The maximum atomic E-state index is 12.1. The number of hydrogen-bond acceptors (Lipinski definition) is 13. The normalized spacial score (nSPS) is 35.2. The van der Waals surface area contributed by atoms with Crippen LogP contribution in [0.4, 0.5) is 5.69 Å². The predicted octanol–water partition coefficient (Wildman–Crippen LogP) is -3.11. The van der Waals surface area contributed by atoms with Crippen LogP contribution < -0.4 is 15.4 Å². The molecule has 16 heteroatoms. The average molecular weight is 545 g/mol. The molecule has 38 heavy (non-hydrogen) atoms. The first-order chi connectivity index (χ1) is 18.0. The van der Waals surface area contributed by atoms with E-state index in [-0.39, 0.29) is 11.4 Å². The van der Waals surface area contributed by atoms with E-state index in [1.165, 1.54) is 31.2 Å². The number of aliphatic hydroxyl groups excluding tert-OH is 5. The number of nitrogens with one attached hydrogen (secondary N) is 2. The number of benzene rings is 1. The summed E-state index contributed by atoms with van der Waals surface area (Å²) in [5.41, 5.74) is -0.206. The summed E-state index contributed by atoms with van der Waals surface area (Å²) >= 11 is 0. The van der Waals surface area contributed by atoms with Gasteiger partial charge in [-0.3, -0.25) is 19.7 Å². The maximum Gasteiger partial charge on any atom is 0.269 e. The molecule has 0 radical (unpaired) electrons. The molecule has 2 amide bonds. The first-order valence-corrected chi connectivity index (χ1v) is 11.6. The van der Waals surface area contributed by atoms with Crippen LogP contribution in [-0.2, 0) is 23.8 Å². The molecule has 2 aliphatic rings. The Morgan fingerprint density at radius 2 is 1.42 bits per heavy atom. The van der Waals surface area contributed by atoms with Crippen molar-refractivity contribution in [2.75, 3.05) is 13.2 Å². The van der Waals surface area contributed by atoms with Gasteiger partial charge in [-0.25, -0.2) is 0 Å². The Morgan fingerprint density at radius 1 is 0.895 bits per heavy atom. The van der Waals surface area contributed by atoms with E-state index in [0.29, 0.717) is 0 Å². The molecule has 1 aromatic rings. The third-order valence-electron chi connectivity index (χ3n) is 6.07. The molecule has 16 nitrogen and oxygen atoms in total. The zero-order valence-corrected chi connectivity index (χ0v) is 20.4. The van der Waals surface area contributed by atoms with E-state index in [0.717, 1.165) is 6.92 Å². The van der Waals surface area contributed by atoms with Crippen LogP contribution >= 0.6 is 0 Å². The molecular weight excluding hydrogens is 514 g/mol. The first-order valence-electron chi connectivity index (χ1n) is 11.6. The third kappa shape index (κ3) is 6.72. The minimum absolute atomic E-state index is 0.0895. The van der Waals surface area contributed by atoms with Gasteiger partial charge in [-0.1, -0.05) is 0 Å². The summed E-state index contributed by atoms with van der Waals surface area (Å²) in [5.74, 6) is -1.11. The fraction of sp³-hybridized carbons (Fsp3) is 0.636. The number of nitro benzene ring substituents is 1. The van der Waals surface area contributed by atoms with Crippen molar-refractivity contribution in [3.8, 4) is 5.75 Å². The molecule has 0 bridgehead atoms. The van der Waals surface area contributed by atoms with Crippen molar-refractivity contribution in [2.24, 2.45) is 0 Å². The van der Waals surface area contributed by atoms with Gasteiger partial charge < -0.3 is 55.1 Å². The van der Waals surface area contributed by atoms with E-state index in [2.05, 4.69) is 10.6 Å². The van der Waals surface area contributed by atoms with E-state index in [1.54, 1.807) is 0 Å². The number of amides is 2. The van der Waals surface area contributed by atoms with E-state index in [9.17, 15) is 45.2 Å². The summed E-state index contributed by atoms with van der Waals surface area (Å²) in [6.45, 7) is 0.883. The van der Waals surface area contributed by atoms with Crippen molar-refractivity contribution in [2.45, 2.75) is 75.1 Å². The summed E-state index contributed by atoms with van der Waals surface area (Å²) in [6, 6.07) is 2.27. The lowest BCUT2D eigenvalue weighted by molar-refractivity contribution is -0.384. The zero-order chi connectivity index (χ0) is 28.1. The maximum absolute atomic E-state index is 12.1. The average Bonchev–Trinajstić information content (AvgIpc) is 2.86. The van der Waals surface area contributed by atoms with Gasteiger partial charge in [0.1, 0.15) is 54.5 Å². The van der Waals surface area contributed by atoms with Crippen LogP contribution in [0.3, 0.4) is 0 Å². The lowest BCUT2D eigenvalue weighted by Gasteiger charge is -2.48. The highest BCUT2D eigenvalue weighted by Crippen LogP contribution is 2.31. The van der Waals surface area contributed by atoms with Gasteiger partial charge in [-0.15, -0.1) is 0 Å². The van der Waals surface area contributed by atoms with Gasteiger partial charge in [0.25, 0.3) is 5.69 Å². The number of nitro groups is 1. The molecule has 2 aliphatic heterocycles. The van der Waals surface area contributed by atoms with Gasteiger partial charge in [-0.05, 0) is 12.1 Å². The Morgan fingerprint density at radius 3 is 1.95 bits per heavy atom. The molecule has 0 spiro atoms. The van der Waals surface area contributed by atoms with E-state index >= 15 is 0 Å². The number of rotatable bonds is 9. The van der Waals surface area contributed by atoms with Crippen molar-refractivity contribution >= 4 is 17.5 Å². The highest BCUT2D eigenvalue weighted by Gasteiger charge is 2.52. The van der Waals surface area contributed by atoms with Gasteiger partial charge in [0.15, 0.2) is 6.29 Å². The second-order valence-corrected chi connectivity index (χ2v) is 8.84. The minimum atomic E-state index is -1.65. The Labute approximate surface area is 216 Å². The number of carbonyl (C=O) groups is 2. The lowest BCUT2D eigenvalue weighted by atomic mass is 9.94. The second-order valence-electron chi connectivity index (χ2n) is 8.84. The Hall–Kier alpha value is -2.96. The fourth-order valence-electron chi connectivity index (χ4n) is 4.24. The third-order valence-corrected chi connectivity index (χ3v) is 6.07. The Bertz CT molecular complexity index is 980. The van der Waals surface area contributed by atoms with E-state index < -0.39 is 91.2 Å². The van der Waals surface area contributed by atoms with Crippen molar-refractivity contribution < 1.29 is 59.0 Å². The van der Waals surface area contributed by atoms with Gasteiger partial charge in [-0.2, -0.15) is 0 Å². The quantitative estimate of drug-likeness (QED) is 0.120. The smallest absolute Gasteiger partial charge is 0.269 e. The zero-order valence-electron chi connectivity index (χ0n) is 20.4. The summed E-state index contributed by atoms with van der Waals surface area (Å²) < 4.78 is 22.9. The number of aliphatic hydroxyl groups is 5. The van der Waals surface area contributed by atoms with Crippen molar-refractivity contribution in [1.29, 1.82) is 0 Å². The molecule has 2 heterocycles. The summed E-state index contributed by atoms with van der Waals surface area (Å²) in [7, 11) is 0. The second kappa shape index (κ2) is 12.7. The standard InChI is InChI=1S/C22H31N3O13/c1-9(28)23-15-19(32)17(30)13(7-26)36-21(15)38-20-16(24-10(2)29)22(37-14(8-27)18(20)31)35-12-5-3-11(4-6-12)25(33)34/h3-6,13-22,26-27,30-32H,7-8H2,1-2H3,(H,23,28)(H,24,29)/t13-,14-,15-,16-,17+,18+,19-,20-,21-,22+/m1/s1. The Balaban J connectivity index is 1.93. The minimum Gasteiger partial charge on any atom is -0.463 e. The molecule has 10 atom stereocenters. The monoisotopic (exact) mass is 545 g/mol. The van der Waals surface area contributed by atoms with Crippen LogP contribution in [0.15, 0.2) is 24.3 Å². The number of ether oxygens (including phenoxy) is 4. The molecule has 2 fully saturated rings. The fourth-order valence-corrected chi connectivity index (χ4v) is 4.24. The van der Waals surface area contributed by atoms with Crippen LogP contribution in [0, 0.1) is 10.1 Å². The van der Waals surface area contributed by atoms with Crippen LogP contribution in [0.2, 0.25) is 0 Å².